The van der Waals surface area contributed by atoms with Gasteiger partial charge in [-0.3, -0.25) is 4.79 Å². The quantitative estimate of drug-likeness (QED) is 0.510. The molecule has 6 nitrogen and oxygen atoms in total. The number of amides is 1. The summed E-state index contributed by atoms with van der Waals surface area (Å²) in [7, 11) is 3.20. The first-order valence-corrected chi connectivity index (χ1v) is 9.20. The number of oxazole rings is 1. The van der Waals surface area contributed by atoms with Crippen molar-refractivity contribution in [2.24, 2.45) is 0 Å². The average Bonchev–Trinajstić information content (AvgIpc) is 3.34. The highest BCUT2D eigenvalue weighted by molar-refractivity contribution is 6.10. The van der Waals surface area contributed by atoms with Crippen molar-refractivity contribution in [1.82, 2.24) is 4.98 Å². The fourth-order valence-electron chi connectivity index (χ4n) is 3.60. The van der Waals surface area contributed by atoms with Crippen LogP contribution in [0.2, 0.25) is 0 Å². The van der Waals surface area contributed by atoms with Gasteiger partial charge in [-0.05, 0) is 35.9 Å². The van der Waals surface area contributed by atoms with Gasteiger partial charge in [0.1, 0.15) is 17.0 Å². The van der Waals surface area contributed by atoms with Gasteiger partial charge < -0.3 is 18.8 Å². The van der Waals surface area contributed by atoms with Crippen LogP contribution in [0.3, 0.4) is 0 Å². The van der Waals surface area contributed by atoms with Crippen LogP contribution in [0.5, 0.6) is 11.5 Å². The van der Waals surface area contributed by atoms with Crippen molar-refractivity contribution in [3.63, 3.8) is 0 Å². The Kier molecular flexibility index (Phi) is 3.98. The van der Waals surface area contributed by atoms with Crippen molar-refractivity contribution < 1.29 is 18.7 Å². The second kappa shape index (κ2) is 6.67. The summed E-state index contributed by atoms with van der Waals surface area (Å²) in [6, 6.07) is 18.8. The Balaban J connectivity index is 1.53. The Morgan fingerprint density at radius 1 is 0.966 bits per heavy atom. The molecule has 0 saturated heterocycles. The van der Waals surface area contributed by atoms with E-state index in [2.05, 4.69) is 4.98 Å². The monoisotopic (exact) mass is 386 g/mol. The molecule has 0 aliphatic carbocycles. The minimum absolute atomic E-state index is 0.00257. The minimum Gasteiger partial charge on any atom is -0.497 e. The summed E-state index contributed by atoms with van der Waals surface area (Å²) in [5.74, 6) is 1.77. The zero-order chi connectivity index (χ0) is 20.0. The normalized spacial score (nSPS) is 13.0. The van der Waals surface area contributed by atoms with E-state index in [0.29, 0.717) is 29.5 Å². The third-order valence-corrected chi connectivity index (χ3v) is 5.10. The number of methoxy groups -OCH3 is 2. The summed E-state index contributed by atoms with van der Waals surface area (Å²) in [6.45, 7) is 0.550. The number of benzene rings is 3. The largest absolute Gasteiger partial charge is 0.497 e. The number of carbonyl (C=O) groups excluding carboxylic acids is 1. The maximum Gasteiger partial charge on any atom is 0.258 e. The van der Waals surface area contributed by atoms with Gasteiger partial charge >= 0.3 is 0 Å². The number of carbonyl (C=O) groups is 1. The summed E-state index contributed by atoms with van der Waals surface area (Å²) in [4.78, 5) is 19.1. The van der Waals surface area contributed by atoms with E-state index < -0.39 is 0 Å². The fourth-order valence-corrected chi connectivity index (χ4v) is 3.60. The standard InChI is InChI=1S/C23H18N2O4/c1-27-17-9-15(10-18(12-17)28-2)22-24-20-8-7-16(11-21(20)29-22)25-13-14-5-3-4-6-19(14)23(25)26/h3-12H,13H2,1-2H3. The van der Waals surface area contributed by atoms with Crippen LogP contribution in [0.25, 0.3) is 22.6 Å². The highest BCUT2D eigenvalue weighted by Crippen LogP contribution is 2.34. The number of aromatic nitrogens is 1. The molecule has 0 N–H and O–H groups in total. The topological polar surface area (TPSA) is 64.8 Å². The first-order chi connectivity index (χ1) is 14.2. The Bertz CT molecular complexity index is 1220. The lowest BCUT2D eigenvalue weighted by molar-refractivity contribution is 0.0996. The molecule has 1 aliphatic rings. The lowest BCUT2D eigenvalue weighted by Gasteiger charge is -2.15. The van der Waals surface area contributed by atoms with Crippen LogP contribution in [0.1, 0.15) is 15.9 Å². The van der Waals surface area contributed by atoms with Crippen LogP contribution in [0, 0.1) is 0 Å². The Hall–Kier alpha value is -3.80. The van der Waals surface area contributed by atoms with Gasteiger partial charge in [0.05, 0.1) is 20.8 Å². The van der Waals surface area contributed by atoms with Gasteiger partial charge in [-0.1, -0.05) is 18.2 Å². The number of hydrogen-bond donors (Lipinski definition) is 0. The van der Waals surface area contributed by atoms with Crippen molar-refractivity contribution in [2.75, 3.05) is 19.1 Å². The SMILES string of the molecule is COc1cc(OC)cc(-c2nc3ccc(N4Cc5ccccc5C4=O)cc3o2)c1. The molecule has 0 radical (unpaired) electrons. The maximum atomic E-state index is 12.8. The molecule has 6 heteroatoms. The molecule has 144 valence electrons. The molecule has 0 fully saturated rings. The smallest absolute Gasteiger partial charge is 0.258 e. The van der Waals surface area contributed by atoms with Gasteiger partial charge in [-0.25, -0.2) is 4.98 Å². The van der Waals surface area contributed by atoms with E-state index in [1.807, 2.05) is 54.6 Å². The molecule has 5 rings (SSSR count). The van der Waals surface area contributed by atoms with Crippen LogP contribution in [-0.4, -0.2) is 25.1 Å². The molecule has 1 aliphatic heterocycles. The molecule has 0 spiro atoms. The molecule has 0 unspecified atom stereocenters. The number of anilines is 1. The molecule has 4 aromatic rings. The van der Waals surface area contributed by atoms with Crippen molar-refractivity contribution in [1.29, 1.82) is 0 Å². The molecule has 0 saturated carbocycles. The Labute approximate surface area is 167 Å². The summed E-state index contributed by atoms with van der Waals surface area (Å²) in [6.07, 6.45) is 0. The molecule has 1 aromatic heterocycles. The summed E-state index contributed by atoms with van der Waals surface area (Å²) in [5.41, 5.74) is 4.64. The van der Waals surface area contributed by atoms with Crippen LogP contribution in [-0.2, 0) is 6.54 Å². The molecule has 3 aromatic carbocycles. The van der Waals surface area contributed by atoms with E-state index >= 15 is 0 Å². The first kappa shape index (κ1) is 17.3. The number of ether oxygens (including phenoxy) is 2. The lowest BCUT2D eigenvalue weighted by Crippen LogP contribution is -2.22. The zero-order valence-corrected chi connectivity index (χ0v) is 16.0. The van der Waals surface area contributed by atoms with Crippen molar-refractivity contribution in [2.45, 2.75) is 6.54 Å². The van der Waals surface area contributed by atoms with Gasteiger partial charge in [-0.15, -0.1) is 0 Å². The van der Waals surface area contributed by atoms with E-state index in [9.17, 15) is 4.79 Å². The van der Waals surface area contributed by atoms with Gasteiger partial charge in [0.25, 0.3) is 5.91 Å². The van der Waals surface area contributed by atoms with Gasteiger partial charge in [0.15, 0.2) is 5.58 Å². The van der Waals surface area contributed by atoms with Gasteiger partial charge in [0.2, 0.25) is 5.89 Å². The van der Waals surface area contributed by atoms with Crippen LogP contribution >= 0.6 is 0 Å². The number of hydrogen-bond acceptors (Lipinski definition) is 5. The van der Waals surface area contributed by atoms with Crippen LogP contribution < -0.4 is 14.4 Å². The number of nitrogens with zero attached hydrogens (tertiary/aromatic N) is 2. The zero-order valence-electron chi connectivity index (χ0n) is 16.0. The predicted octanol–water partition coefficient (Wildman–Crippen LogP) is 4.67. The summed E-state index contributed by atoms with van der Waals surface area (Å²) < 4.78 is 16.7. The molecular weight excluding hydrogens is 368 g/mol. The molecule has 1 amide bonds. The third kappa shape index (κ3) is 2.89. The molecule has 29 heavy (non-hydrogen) atoms. The van der Waals surface area contributed by atoms with Crippen molar-refractivity contribution in [3.05, 3.63) is 71.8 Å². The van der Waals surface area contributed by atoms with E-state index in [4.69, 9.17) is 13.9 Å². The molecule has 0 bridgehead atoms. The second-order valence-corrected chi connectivity index (χ2v) is 6.82. The number of rotatable bonds is 4. The van der Waals surface area contributed by atoms with Crippen LogP contribution in [0.4, 0.5) is 5.69 Å². The van der Waals surface area contributed by atoms with Gasteiger partial charge in [-0.2, -0.15) is 0 Å². The molecule has 0 atom stereocenters. The highest BCUT2D eigenvalue weighted by atomic mass is 16.5. The molecule has 2 heterocycles. The summed E-state index contributed by atoms with van der Waals surface area (Å²) in [5, 5.41) is 0. The van der Waals surface area contributed by atoms with E-state index in [0.717, 1.165) is 27.9 Å². The van der Waals surface area contributed by atoms with Crippen molar-refractivity contribution >= 4 is 22.7 Å². The van der Waals surface area contributed by atoms with E-state index in [1.54, 1.807) is 25.2 Å². The predicted molar refractivity (Wildman–Crippen MR) is 110 cm³/mol. The Morgan fingerprint density at radius 2 is 1.72 bits per heavy atom. The van der Waals surface area contributed by atoms with Crippen LogP contribution in [0.15, 0.2) is 65.1 Å². The Morgan fingerprint density at radius 3 is 2.45 bits per heavy atom. The van der Waals surface area contributed by atoms with Gasteiger partial charge in [0, 0.05) is 28.9 Å². The minimum atomic E-state index is -0.00257. The maximum absolute atomic E-state index is 12.8. The van der Waals surface area contributed by atoms with E-state index in [-0.39, 0.29) is 5.91 Å². The average molecular weight is 386 g/mol. The lowest BCUT2D eigenvalue weighted by atomic mass is 10.1. The third-order valence-electron chi connectivity index (χ3n) is 5.10. The first-order valence-electron chi connectivity index (χ1n) is 9.20. The highest BCUT2D eigenvalue weighted by Gasteiger charge is 2.28. The second-order valence-electron chi connectivity index (χ2n) is 6.82. The fraction of sp³-hybridized carbons (Fsp3) is 0.130. The summed E-state index contributed by atoms with van der Waals surface area (Å²) >= 11 is 0. The number of fused-ring (bicyclic) bond motifs is 2. The van der Waals surface area contributed by atoms with E-state index in [1.165, 1.54) is 0 Å². The molecular formula is C23H18N2O4. The van der Waals surface area contributed by atoms with Crippen molar-refractivity contribution in [3.8, 4) is 23.0 Å².